The first-order valence-electron chi connectivity index (χ1n) is 7.88. The van der Waals surface area contributed by atoms with Crippen molar-refractivity contribution >= 4 is 22.7 Å². The molecular formula is C18H21N3O2S. The van der Waals surface area contributed by atoms with E-state index in [2.05, 4.69) is 24.0 Å². The number of hydrogen-bond donors (Lipinski definition) is 2. The van der Waals surface area contributed by atoms with Crippen molar-refractivity contribution in [2.24, 2.45) is 0 Å². The predicted octanol–water partition coefficient (Wildman–Crippen LogP) is 3.72. The van der Waals surface area contributed by atoms with Crippen molar-refractivity contribution in [1.29, 1.82) is 5.41 Å². The maximum atomic E-state index is 10.3. The number of aliphatic hydroxyl groups is 1. The Labute approximate surface area is 145 Å². The smallest absolute Gasteiger partial charge is 0.135 e. The molecule has 0 amide bonds. The second-order valence-corrected chi connectivity index (χ2v) is 6.70. The molecule has 2 aromatic rings. The molecule has 0 saturated heterocycles. The van der Waals surface area contributed by atoms with Crippen LogP contribution in [-0.4, -0.2) is 47.6 Å². The molecule has 24 heavy (non-hydrogen) atoms. The summed E-state index contributed by atoms with van der Waals surface area (Å²) in [4.78, 5) is 6.49. The lowest BCUT2D eigenvalue weighted by Gasteiger charge is -2.17. The van der Waals surface area contributed by atoms with E-state index in [-0.39, 0.29) is 5.76 Å². The lowest BCUT2D eigenvalue weighted by Crippen LogP contribution is -2.28. The molecule has 0 spiro atoms. The minimum atomic E-state index is 0.224. The zero-order valence-corrected chi connectivity index (χ0v) is 14.7. The van der Waals surface area contributed by atoms with Gasteiger partial charge in [-0.2, -0.15) is 0 Å². The molecule has 0 atom stereocenters. The van der Waals surface area contributed by atoms with Crippen molar-refractivity contribution in [3.63, 3.8) is 0 Å². The molecule has 0 bridgehead atoms. The third-order valence-corrected chi connectivity index (χ3v) is 4.88. The number of aliphatic hydroxyl groups excluding tert-OH is 1. The van der Waals surface area contributed by atoms with Gasteiger partial charge in [-0.1, -0.05) is 29.8 Å². The maximum Gasteiger partial charge on any atom is 0.135 e. The standard InChI is InChI=1S/C18H21N3O2S/c1-12-4-6-13(7-5-12)14-11-24-18(20-14)16-15(22)10-21(17(16)19)8-3-9-23-2/h4-7,11,19,22H,3,8-10H2,1-2H3. The first kappa shape index (κ1) is 16.7. The van der Waals surface area contributed by atoms with E-state index in [1.54, 1.807) is 7.11 Å². The molecule has 5 nitrogen and oxygen atoms in total. The van der Waals surface area contributed by atoms with Crippen molar-refractivity contribution in [3.05, 3.63) is 46.0 Å². The van der Waals surface area contributed by atoms with Crippen LogP contribution >= 0.6 is 11.3 Å². The Morgan fingerprint density at radius 3 is 2.79 bits per heavy atom. The topological polar surface area (TPSA) is 69.4 Å². The number of benzene rings is 1. The third-order valence-electron chi connectivity index (χ3n) is 4.02. The van der Waals surface area contributed by atoms with Gasteiger partial charge in [-0.3, -0.25) is 5.41 Å². The van der Waals surface area contributed by atoms with E-state index in [0.717, 1.165) is 17.7 Å². The zero-order valence-electron chi connectivity index (χ0n) is 13.9. The molecule has 1 aliphatic heterocycles. The molecule has 1 aromatic carbocycles. The minimum Gasteiger partial charge on any atom is -0.510 e. The number of hydrogen-bond acceptors (Lipinski definition) is 5. The van der Waals surface area contributed by atoms with Gasteiger partial charge in [-0.15, -0.1) is 11.3 Å². The highest BCUT2D eigenvalue weighted by Crippen LogP contribution is 2.32. The van der Waals surface area contributed by atoms with Gasteiger partial charge >= 0.3 is 0 Å². The molecule has 1 aliphatic rings. The van der Waals surface area contributed by atoms with Gasteiger partial charge in [0.2, 0.25) is 0 Å². The average molecular weight is 343 g/mol. The Kier molecular flexibility index (Phi) is 4.97. The average Bonchev–Trinajstić information content (AvgIpc) is 3.14. The van der Waals surface area contributed by atoms with E-state index in [1.807, 2.05) is 22.4 Å². The largest absolute Gasteiger partial charge is 0.510 e. The van der Waals surface area contributed by atoms with Crippen LogP contribution in [0.5, 0.6) is 0 Å². The van der Waals surface area contributed by atoms with Crippen molar-refractivity contribution in [2.45, 2.75) is 13.3 Å². The molecule has 1 aromatic heterocycles. The van der Waals surface area contributed by atoms with Crippen LogP contribution < -0.4 is 0 Å². The van der Waals surface area contributed by atoms with E-state index in [1.165, 1.54) is 16.9 Å². The summed E-state index contributed by atoms with van der Waals surface area (Å²) in [7, 11) is 1.67. The second kappa shape index (κ2) is 7.15. The number of aromatic nitrogens is 1. The van der Waals surface area contributed by atoms with Crippen LogP contribution in [0.15, 0.2) is 35.4 Å². The van der Waals surface area contributed by atoms with Gasteiger partial charge in [0.15, 0.2) is 0 Å². The number of ether oxygens (including phenoxy) is 1. The Bertz CT molecular complexity index is 765. The Balaban J connectivity index is 1.78. The minimum absolute atomic E-state index is 0.224. The summed E-state index contributed by atoms with van der Waals surface area (Å²) in [5.74, 6) is 0.565. The van der Waals surface area contributed by atoms with Gasteiger partial charge in [-0.05, 0) is 13.3 Å². The molecule has 0 fully saturated rings. The van der Waals surface area contributed by atoms with Crippen molar-refractivity contribution in [1.82, 2.24) is 9.88 Å². The van der Waals surface area contributed by atoms with E-state index in [9.17, 15) is 5.11 Å². The maximum absolute atomic E-state index is 10.3. The quantitative estimate of drug-likeness (QED) is 0.784. The van der Waals surface area contributed by atoms with E-state index < -0.39 is 0 Å². The summed E-state index contributed by atoms with van der Waals surface area (Å²) in [6.45, 7) is 3.76. The van der Waals surface area contributed by atoms with Crippen LogP contribution in [0, 0.1) is 12.3 Å². The first-order chi connectivity index (χ1) is 11.6. The van der Waals surface area contributed by atoms with E-state index in [0.29, 0.717) is 36.1 Å². The van der Waals surface area contributed by atoms with Crippen LogP contribution in [0.3, 0.4) is 0 Å². The Hall–Kier alpha value is -2.18. The van der Waals surface area contributed by atoms with Crippen molar-refractivity contribution in [2.75, 3.05) is 26.8 Å². The highest BCUT2D eigenvalue weighted by molar-refractivity contribution is 7.11. The normalized spacial score (nSPS) is 14.8. The summed E-state index contributed by atoms with van der Waals surface area (Å²) < 4.78 is 5.05. The van der Waals surface area contributed by atoms with Crippen LogP contribution in [-0.2, 0) is 4.74 Å². The fourth-order valence-electron chi connectivity index (χ4n) is 2.69. The number of thiazole rings is 1. The first-order valence-corrected chi connectivity index (χ1v) is 8.76. The van der Waals surface area contributed by atoms with Gasteiger partial charge in [0.25, 0.3) is 0 Å². The van der Waals surface area contributed by atoms with Gasteiger partial charge in [0.1, 0.15) is 16.6 Å². The molecule has 126 valence electrons. The predicted molar refractivity (Wildman–Crippen MR) is 97.6 cm³/mol. The van der Waals surface area contributed by atoms with Gasteiger partial charge in [-0.25, -0.2) is 4.98 Å². The lowest BCUT2D eigenvalue weighted by molar-refractivity contribution is 0.186. The van der Waals surface area contributed by atoms with Gasteiger partial charge < -0.3 is 14.7 Å². The van der Waals surface area contributed by atoms with Crippen LogP contribution in [0.1, 0.15) is 17.0 Å². The molecular weight excluding hydrogens is 322 g/mol. The lowest BCUT2D eigenvalue weighted by atomic mass is 10.1. The third kappa shape index (κ3) is 3.34. The van der Waals surface area contributed by atoms with Crippen LogP contribution in [0.4, 0.5) is 0 Å². The summed E-state index contributed by atoms with van der Waals surface area (Å²) in [5, 5.41) is 21.3. The fraction of sp³-hybridized carbons (Fsp3) is 0.333. The number of rotatable bonds is 6. The highest BCUT2D eigenvalue weighted by Gasteiger charge is 2.29. The second-order valence-electron chi connectivity index (χ2n) is 5.84. The fourth-order valence-corrected chi connectivity index (χ4v) is 3.59. The van der Waals surface area contributed by atoms with Crippen molar-refractivity contribution < 1.29 is 9.84 Å². The summed E-state index contributed by atoms with van der Waals surface area (Å²) in [6.07, 6.45) is 0.825. The van der Waals surface area contributed by atoms with Gasteiger partial charge in [0, 0.05) is 31.2 Å². The van der Waals surface area contributed by atoms with E-state index >= 15 is 0 Å². The SMILES string of the molecule is COCCCN1CC(O)=C(c2nc(-c3ccc(C)cc3)cs2)C1=N. The summed E-state index contributed by atoms with van der Waals surface area (Å²) in [6, 6.07) is 8.19. The zero-order chi connectivity index (χ0) is 17.1. The number of methoxy groups -OCH3 is 1. The molecule has 0 aliphatic carbocycles. The van der Waals surface area contributed by atoms with E-state index in [4.69, 9.17) is 10.1 Å². The van der Waals surface area contributed by atoms with Crippen LogP contribution in [0.2, 0.25) is 0 Å². The molecule has 0 radical (unpaired) electrons. The Morgan fingerprint density at radius 2 is 2.08 bits per heavy atom. The van der Waals surface area contributed by atoms with Gasteiger partial charge in [0.05, 0.1) is 17.8 Å². The van der Waals surface area contributed by atoms with Crippen molar-refractivity contribution in [3.8, 4) is 11.3 Å². The summed E-state index contributed by atoms with van der Waals surface area (Å²) >= 11 is 1.46. The number of nitrogens with one attached hydrogen (secondary N) is 1. The molecule has 0 unspecified atom stereocenters. The number of amidine groups is 1. The molecule has 2 N–H and O–H groups in total. The number of nitrogens with zero attached hydrogens (tertiary/aromatic N) is 2. The molecule has 0 saturated carbocycles. The summed E-state index contributed by atoms with van der Waals surface area (Å²) in [5.41, 5.74) is 3.68. The molecule has 3 rings (SSSR count). The van der Waals surface area contributed by atoms with Crippen LogP contribution in [0.25, 0.3) is 16.8 Å². The Morgan fingerprint density at radius 1 is 1.33 bits per heavy atom. The number of aryl methyl sites for hydroxylation is 1. The highest BCUT2D eigenvalue weighted by atomic mass is 32.1. The molecule has 2 heterocycles. The molecule has 6 heteroatoms. The monoisotopic (exact) mass is 343 g/mol.